The van der Waals surface area contributed by atoms with Crippen molar-refractivity contribution in [1.29, 1.82) is 0 Å². The molecule has 1 aliphatic rings. The van der Waals surface area contributed by atoms with E-state index in [1.165, 1.54) is 50.8 Å². The number of nitrogens with zero attached hydrogens (tertiary/aromatic N) is 3. The Morgan fingerprint density at radius 3 is 2.85 bits per heavy atom. The molecule has 0 spiro atoms. The first-order valence-corrected chi connectivity index (χ1v) is 10.3. The molecule has 144 valence electrons. The number of carbonyl (C=O) groups excluding carboxylic acids is 2. The van der Waals surface area contributed by atoms with Gasteiger partial charge < -0.3 is 10.6 Å². The van der Waals surface area contributed by atoms with E-state index in [1.807, 2.05) is 28.8 Å². The van der Waals surface area contributed by atoms with E-state index in [0.717, 1.165) is 12.2 Å². The SMILES string of the molecule is CC(=O)Nc1cccc(-n2cnnc2SCC(=O)NCC2CCCCC2)c1. The van der Waals surface area contributed by atoms with Crippen molar-refractivity contribution in [2.75, 3.05) is 17.6 Å². The van der Waals surface area contributed by atoms with E-state index in [2.05, 4.69) is 20.8 Å². The maximum Gasteiger partial charge on any atom is 0.230 e. The molecule has 0 atom stereocenters. The Hall–Kier alpha value is -2.35. The molecule has 27 heavy (non-hydrogen) atoms. The maximum absolute atomic E-state index is 12.2. The minimum atomic E-state index is -0.125. The van der Waals surface area contributed by atoms with Crippen LogP contribution < -0.4 is 10.6 Å². The lowest BCUT2D eigenvalue weighted by atomic mass is 9.89. The molecule has 8 heteroatoms. The topological polar surface area (TPSA) is 88.9 Å². The summed E-state index contributed by atoms with van der Waals surface area (Å²) in [6.45, 7) is 2.24. The first-order chi connectivity index (χ1) is 13.1. The molecule has 1 aromatic carbocycles. The zero-order valence-electron chi connectivity index (χ0n) is 15.5. The Bertz CT molecular complexity index is 786. The zero-order chi connectivity index (χ0) is 19.1. The van der Waals surface area contributed by atoms with Crippen LogP contribution in [-0.4, -0.2) is 38.9 Å². The largest absolute Gasteiger partial charge is 0.355 e. The lowest BCUT2D eigenvalue weighted by molar-refractivity contribution is -0.118. The number of aromatic nitrogens is 3. The number of hydrogen-bond donors (Lipinski definition) is 2. The summed E-state index contributed by atoms with van der Waals surface area (Å²) < 4.78 is 1.81. The molecular formula is C19H25N5O2S. The van der Waals surface area contributed by atoms with Crippen LogP contribution in [0.4, 0.5) is 5.69 Å². The third-order valence-electron chi connectivity index (χ3n) is 4.61. The number of amides is 2. The summed E-state index contributed by atoms with van der Waals surface area (Å²) in [6, 6.07) is 7.42. The van der Waals surface area contributed by atoms with Crippen molar-refractivity contribution < 1.29 is 9.59 Å². The third kappa shape index (κ3) is 5.82. The summed E-state index contributed by atoms with van der Waals surface area (Å²) in [5.41, 5.74) is 1.53. The summed E-state index contributed by atoms with van der Waals surface area (Å²) in [5, 5.41) is 14.5. The molecule has 2 amide bonds. The second kappa shape index (κ2) is 9.55. The Morgan fingerprint density at radius 2 is 2.07 bits per heavy atom. The van der Waals surface area contributed by atoms with Gasteiger partial charge in [0.2, 0.25) is 11.8 Å². The van der Waals surface area contributed by atoms with E-state index in [0.29, 0.717) is 22.5 Å². The van der Waals surface area contributed by atoms with E-state index >= 15 is 0 Å². The lowest BCUT2D eigenvalue weighted by Crippen LogP contribution is -2.31. The predicted octanol–water partition coefficient (Wildman–Crippen LogP) is 3.01. The average Bonchev–Trinajstić information content (AvgIpc) is 3.14. The number of benzene rings is 1. The standard InChI is InChI=1S/C19H25N5O2S/c1-14(25)22-16-8-5-9-17(10-16)24-13-21-23-19(24)27-12-18(26)20-11-15-6-3-2-4-7-15/h5,8-10,13,15H,2-4,6-7,11-12H2,1H3,(H,20,26)(H,22,25). The van der Waals surface area contributed by atoms with E-state index in [1.54, 1.807) is 6.33 Å². The molecule has 7 nitrogen and oxygen atoms in total. The summed E-state index contributed by atoms with van der Waals surface area (Å²) >= 11 is 1.35. The van der Waals surface area contributed by atoms with E-state index in [4.69, 9.17) is 0 Å². The van der Waals surface area contributed by atoms with Crippen LogP contribution in [0.1, 0.15) is 39.0 Å². The molecule has 0 unspecified atom stereocenters. The summed E-state index contributed by atoms with van der Waals surface area (Å²) in [4.78, 5) is 23.4. The summed E-state index contributed by atoms with van der Waals surface area (Å²) in [7, 11) is 0. The van der Waals surface area contributed by atoms with Crippen LogP contribution in [0.5, 0.6) is 0 Å². The normalized spacial score (nSPS) is 14.7. The molecular weight excluding hydrogens is 362 g/mol. The molecule has 1 fully saturated rings. The van der Waals surface area contributed by atoms with Gasteiger partial charge in [0.25, 0.3) is 0 Å². The van der Waals surface area contributed by atoms with Crippen LogP contribution in [0, 0.1) is 5.92 Å². The fraction of sp³-hybridized carbons (Fsp3) is 0.474. The minimum absolute atomic E-state index is 0.0205. The molecule has 1 aliphatic carbocycles. The maximum atomic E-state index is 12.2. The van der Waals surface area contributed by atoms with Crippen LogP contribution >= 0.6 is 11.8 Å². The third-order valence-corrected chi connectivity index (χ3v) is 5.55. The molecule has 1 heterocycles. The van der Waals surface area contributed by atoms with Gasteiger partial charge in [-0.3, -0.25) is 14.2 Å². The molecule has 0 saturated heterocycles. The van der Waals surface area contributed by atoms with Gasteiger partial charge >= 0.3 is 0 Å². The number of nitrogens with one attached hydrogen (secondary N) is 2. The first-order valence-electron chi connectivity index (χ1n) is 9.29. The molecule has 0 aliphatic heterocycles. The van der Waals surface area contributed by atoms with Crippen molar-refractivity contribution in [3.05, 3.63) is 30.6 Å². The summed E-state index contributed by atoms with van der Waals surface area (Å²) in [5.74, 6) is 0.816. The smallest absolute Gasteiger partial charge is 0.230 e. The Kier molecular flexibility index (Phi) is 6.86. The molecule has 0 bridgehead atoms. The number of carbonyl (C=O) groups is 2. The number of anilines is 1. The molecule has 0 radical (unpaired) electrons. The first kappa shape index (κ1) is 19.4. The van der Waals surface area contributed by atoms with Crippen molar-refractivity contribution >= 4 is 29.3 Å². The number of thioether (sulfide) groups is 1. The number of rotatable bonds is 7. The van der Waals surface area contributed by atoms with E-state index in [9.17, 15) is 9.59 Å². The zero-order valence-corrected chi connectivity index (χ0v) is 16.3. The second-order valence-corrected chi connectivity index (χ2v) is 7.75. The molecule has 2 aromatic rings. The highest BCUT2D eigenvalue weighted by atomic mass is 32.2. The fourth-order valence-electron chi connectivity index (χ4n) is 3.27. The fourth-order valence-corrected chi connectivity index (χ4v) is 4.03. The molecule has 3 rings (SSSR count). The highest BCUT2D eigenvalue weighted by Gasteiger charge is 2.15. The monoisotopic (exact) mass is 387 g/mol. The molecule has 1 saturated carbocycles. The highest BCUT2D eigenvalue weighted by molar-refractivity contribution is 7.99. The van der Waals surface area contributed by atoms with Gasteiger partial charge in [-0.05, 0) is 37.0 Å². The summed E-state index contributed by atoms with van der Waals surface area (Å²) in [6.07, 6.45) is 7.90. The van der Waals surface area contributed by atoms with E-state index < -0.39 is 0 Å². The van der Waals surface area contributed by atoms with Crippen molar-refractivity contribution in [3.63, 3.8) is 0 Å². The lowest BCUT2D eigenvalue weighted by Gasteiger charge is -2.21. The van der Waals surface area contributed by atoms with Crippen LogP contribution in [-0.2, 0) is 9.59 Å². The molecule has 2 N–H and O–H groups in total. The highest BCUT2D eigenvalue weighted by Crippen LogP contribution is 2.23. The van der Waals surface area contributed by atoms with Gasteiger partial charge in [0.15, 0.2) is 5.16 Å². The van der Waals surface area contributed by atoms with Gasteiger partial charge in [-0.2, -0.15) is 0 Å². The van der Waals surface area contributed by atoms with Gasteiger partial charge in [-0.1, -0.05) is 37.1 Å². The molecule has 1 aromatic heterocycles. The van der Waals surface area contributed by atoms with Crippen LogP contribution in [0.3, 0.4) is 0 Å². The Balaban J connectivity index is 1.55. The minimum Gasteiger partial charge on any atom is -0.355 e. The van der Waals surface area contributed by atoms with Crippen molar-refractivity contribution in [2.45, 2.75) is 44.2 Å². The van der Waals surface area contributed by atoms with Gasteiger partial charge in [-0.15, -0.1) is 10.2 Å². The van der Waals surface area contributed by atoms with Gasteiger partial charge in [0.1, 0.15) is 6.33 Å². The average molecular weight is 388 g/mol. The van der Waals surface area contributed by atoms with Crippen LogP contribution in [0.25, 0.3) is 5.69 Å². The van der Waals surface area contributed by atoms with Crippen molar-refractivity contribution in [2.24, 2.45) is 5.92 Å². The van der Waals surface area contributed by atoms with Gasteiger partial charge in [0, 0.05) is 19.2 Å². The van der Waals surface area contributed by atoms with Crippen molar-refractivity contribution in [3.8, 4) is 5.69 Å². The van der Waals surface area contributed by atoms with Gasteiger partial charge in [0.05, 0.1) is 11.4 Å². The van der Waals surface area contributed by atoms with Crippen LogP contribution in [0.15, 0.2) is 35.7 Å². The number of hydrogen-bond acceptors (Lipinski definition) is 5. The van der Waals surface area contributed by atoms with Gasteiger partial charge in [-0.25, -0.2) is 0 Å². The Labute approximate surface area is 163 Å². The van der Waals surface area contributed by atoms with Crippen molar-refractivity contribution in [1.82, 2.24) is 20.1 Å². The van der Waals surface area contributed by atoms with Crippen LogP contribution in [0.2, 0.25) is 0 Å². The van der Waals surface area contributed by atoms with E-state index in [-0.39, 0.29) is 11.8 Å². The Morgan fingerprint density at radius 1 is 1.26 bits per heavy atom. The second-order valence-electron chi connectivity index (χ2n) is 6.81. The quantitative estimate of drug-likeness (QED) is 0.713. The predicted molar refractivity (Wildman–Crippen MR) is 106 cm³/mol.